The average molecular weight is 342 g/mol. The lowest BCUT2D eigenvalue weighted by Gasteiger charge is -2.06. The SMILES string of the molecule is N#Cc1cc(-c2cc(C(=O)O)c(O)cn2)ccc1/C=C/c1ccccc1. The monoisotopic (exact) mass is 342 g/mol. The van der Waals surface area contributed by atoms with Crippen LogP contribution < -0.4 is 0 Å². The van der Waals surface area contributed by atoms with E-state index >= 15 is 0 Å². The van der Waals surface area contributed by atoms with E-state index in [2.05, 4.69) is 11.1 Å². The second-order valence-electron chi connectivity index (χ2n) is 5.55. The van der Waals surface area contributed by atoms with Gasteiger partial charge in [-0.05, 0) is 23.3 Å². The Labute approximate surface area is 150 Å². The number of carbonyl (C=O) groups is 1. The molecule has 2 aromatic carbocycles. The lowest BCUT2D eigenvalue weighted by Crippen LogP contribution is -1.98. The fourth-order valence-electron chi connectivity index (χ4n) is 2.49. The Morgan fingerprint density at radius 1 is 1.08 bits per heavy atom. The van der Waals surface area contributed by atoms with Crippen molar-refractivity contribution in [1.29, 1.82) is 5.26 Å². The Bertz CT molecular complexity index is 1030. The number of aromatic carboxylic acids is 1. The first kappa shape index (κ1) is 16.9. The number of benzene rings is 2. The molecule has 5 nitrogen and oxygen atoms in total. The number of aromatic nitrogens is 1. The van der Waals surface area contributed by atoms with Crippen molar-refractivity contribution in [3.63, 3.8) is 0 Å². The maximum atomic E-state index is 11.2. The number of carboxylic acids is 1. The van der Waals surface area contributed by atoms with E-state index in [1.165, 1.54) is 6.07 Å². The summed E-state index contributed by atoms with van der Waals surface area (Å²) in [6, 6.07) is 18.3. The third-order valence-electron chi connectivity index (χ3n) is 3.84. The van der Waals surface area contributed by atoms with E-state index < -0.39 is 11.7 Å². The van der Waals surface area contributed by atoms with Crippen molar-refractivity contribution in [2.24, 2.45) is 0 Å². The van der Waals surface area contributed by atoms with Gasteiger partial charge < -0.3 is 10.2 Å². The zero-order valence-electron chi connectivity index (χ0n) is 13.6. The topological polar surface area (TPSA) is 94.2 Å². The van der Waals surface area contributed by atoms with Gasteiger partial charge in [0.2, 0.25) is 0 Å². The molecular formula is C21H14N2O3. The molecular weight excluding hydrogens is 328 g/mol. The molecule has 26 heavy (non-hydrogen) atoms. The van der Waals surface area contributed by atoms with Gasteiger partial charge in [0.15, 0.2) is 0 Å². The summed E-state index contributed by atoms with van der Waals surface area (Å²) in [4.78, 5) is 15.2. The van der Waals surface area contributed by atoms with E-state index in [0.29, 0.717) is 16.8 Å². The Kier molecular flexibility index (Phi) is 4.77. The Hall–Kier alpha value is -3.91. The van der Waals surface area contributed by atoms with Crippen LogP contribution >= 0.6 is 0 Å². The number of nitriles is 1. The van der Waals surface area contributed by atoms with E-state index in [9.17, 15) is 15.2 Å². The highest BCUT2D eigenvalue weighted by atomic mass is 16.4. The minimum absolute atomic E-state index is 0.235. The third kappa shape index (κ3) is 3.60. The van der Waals surface area contributed by atoms with Gasteiger partial charge in [-0.3, -0.25) is 4.98 Å². The largest absolute Gasteiger partial charge is 0.505 e. The predicted octanol–water partition coefficient (Wildman–Crippen LogP) is 4.19. The lowest BCUT2D eigenvalue weighted by atomic mass is 10.0. The summed E-state index contributed by atoms with van der Waals surface area (Å²) in [6.07, 6.45) is 4.86. The molecule has 0 saturated carbocycles. The number of rotatable bonds is 4. The molecule has 2 N–H and O–H groups in total. The van der Waals surface area contributed by atoms with Crippen LogP contribution in [-0.4, -0.2) is 21.2 Å². The van der Waals surface area contributed by atoms with Crippen LogP contribution in [0.3, 0.4) is 0 Å². The smallest absolute Gasteiger partial charge is 0.339 e. The van der Waals surface area contributed by atoms with Crippen molar-refractivity contribution in [1.82, 2.24) is 4.98 Å². The minimum Gasteiger partial charge on any atom is -0.505 e. The number of pyridine rings is 1. The standard InChI is InChI=1S/C21H14N2O3/c22-12-17-10-16(19-11-18(21(25)26)20(24)13-23-19)9-8-15(17)7-6-14-4-2-1-3-5-14/h1-11,13,24H,(H,25,26)/b7-6+. The van der Waals surface area contributed by atoms with Gasteiger partial charge in [-0.2, -0.15) is 5.26 Å². The molecule has 5 heteroatoms. The highest BCUT2D eigenvalue weighted by molar-refractivity contribution is 5.92. The quantitative estimate of drug-likeness (QED) is 0.693. The van der Waals surface area contributed by atoms with E-state index in [0.717, 1.165) is 17.3 Å². The van der Waals surface area contributed by atoms with Gasteiger partial charge >= 0.3 is 5.97 Å². The van der Waals surface area contributed by atoms with E-state index in [-0.39, 0.29) is 5.56 Å². The molecule has 3 aromatic rings. The number of aromatic hydroxyl groups is 1. The second-order valence-corrected chi connectivity index (χ2v) is 5.55. The first-order valence-electron chi connectivity index (χ1n) is 7.78. The van der Waals surface area contributed by atoms with Crippen LogP contribution in [0.1, 0.15) is 27.0 Å². The molecule has 0 aliphatic rings. The normalized spacial score (nSPS) is 10.6. The molecule has 0 atom stereocenters. The molecule has 0 spiro atoms. The van der Waals surface area contributed by atoms with Crippen LogP contribution in [0.2, 0.25) is 0 Å². The van der Waals surface area contributed by atoms with Crippen molar-refractivity contribution in [3.05, 3.63) is 83.0 Å². The van der Waals surface area contributed by atoms with Gasteiger partial charge in [0.05, 0.1) is 23.5 Å². The molecule has 1 aromatic heterocycles. The van der Waals surface area contributed by atoms with Crippen molar-refractivity contribution in [3.8, 4) is 23.1 Å². The highest BCUT2D eigenvalue weighted by Gasteiger charge is 2.13. The minimum atomic E-state index is -1.24. The third-order valence-corrected chi connectivity index (χ3v) is 3.84. The van der Waals surface area contributed by atoms with Crippen LogP contribution in [0.25, 0.3) is 23.4 Å². The summed E-state index contributed by atoms with van der Waals surface area (Å²) in [6.45, 7) is 0. The Morgan fingerprint density at radius 2 is 1.85 bits per heavy atom. The average Bonchev–Trinajstić information content (AvgIpc) is 2.67. The molecule has 0 amide bonds. The van der Waals surface area contributed by atoms with Crippen molar-refractivity contribution < 1.29 is 15.0 Å². The first-order chi connectivity index (χ1) is 12.6. The van der Waals surface area contributed by atoms with E-state index in [1.54, 1.807) is 18.2 Å². The molecule has 0 aliphatic carbocycles. The van der Waals surface area contributed by atoms with Crippen LogP contribution in [0.15, 0.2) is 60.8 Å². The molecule has 0 unspecified atom stereocenters. The fourth-order valence-corrected chi connectivity index (χ4v) is 2.49. The summed E-state index contributed by atoms with van der Waals surface area (Å²) < 4.78 is 0. The molecule has 0 bridgehead atoms. The Balaban J connectivity index is 1.97. The summed E-state index contributed by atoms with van der Waals surface area (Å²) in [7, 11) is 0. The zero-order chi connectivity index (χ0) is 18.5. The maximum Gasteiger partial charge on any atom is 0.339 e. The van der Waals surface area contributed by atoms with Crippen molar-refractivity contribution in [2.75, 3.05) is 0 Å². The molecule has 1 heterocycles. The molecule has 3 rings (SSSR count). The van der Waals surface area contributed by atoms with Crippen LogP contribution in [-0.2, 0) is 0 Å². The summed E-state index contributed by atoms with van der Waals surface area (Å²) >= 11 is 0. The van der Waals surface area contributed by atoms with Crippen LogP contribution in [0, 0.1) is 11.3 Å². The van der Waals surface area contributed by atoms with Gasteiger partial charge in [-0.25, -0.2) is 4.79 Å². The lowest BCUT2D eigenvalue weighted by molar-refractivity contribution is 0.0693. The maximum absolute atomic E-state index is 11.2. The van der Waals surface area contributed by atoms with Crippen molar-refractivity contribution >= 4 is 18.1 Å². The van der Waals surface area contributed by atoms with E-state index in [4.69, 9.17) is 5.11 Å². The number of hydrogen-bond donors (Lipinski definition) is 2. The van der Waals surface area contributed by atoms with Crippen LogP contribution in [0.4, 0.5) is 0 Å². The number of nitrogens with zero attached hydrogens (tertiary/aromatic N) is 2. The number of carboxylic acid groups (broad SMARTS) is 1. The summed E-state index contributed by atoms with van der Waals surface area (Å²) in [5, 5.41) is 28.1. The first-order valence-corrected chi connectivity index (χ1v) is 7.78. The molecule has 0 radical (unpaired) electrons. The summed E-state index contributed by atoms with van der Waals surface area (Å²) in [5.41, 5.74) is 2.95. The van der Waals surface area contributed by atoms with Gasteiger partial charge in [-0.15, -0.1) is 0 Å². The molecule has 0 saturated heterocycles. The summed E-state index contributed by atoms with van der Waals surface area (Å²) in [5.74, 6) is -1.64. The number of hydrogen-bond acceptors (Lipinski definition) is 4. The Morgan fingerprint density at radius 3 is 2.54 bits per heavy atom. The fraction of sp³-hybridized carbons (Fsp3) is 0. The second kappa shape index (κ2) is 7.32. The molecule has 0 aliphatic heterocycles. The highest BCUT2D eigenvalue weighted by Crippen LogP contribution is 2.26. The van der Waals surface area contributed by atoms with Gasteiger partial charge in [0, 0.05) is 5.56 Å². The van der Waals surface area contributed by atoms with Gasteiger partial charge in [0.25, 0.3) is 0 Å². The predicted molar refractivity (Wildman–Crippen MR) is 98.4 cm³/mol. The van der Waals surface area contributed by atoms with Crippen molar-refractivity contribution in [2.45, 2.75) is 0 Å². The van der Waals surface area contributed by atoms with E-state index in [1.807, 2.05) is 42.5 Å². The van der Waals surface area contributed by atoms with Gasteiger partial charge in [0.1, 0.15) is 11.3 Å². The van der Waals surface area contributed by atoms with Gasteiger partial charge in [-0.1, -0.05) is 54.6 Å². The zero-order valence-corrected chi connectivity index (χ0v) is 13.6. The van der Waals surface area contributed by atoms with Crippen LogP contribution in [0.5, 0.6) is 5.75 Å². The molecule has 0 fully saturated rings. The molecule has 126 valence electrons.